The molecule has 184 valence electrons. The van der Waals surface area contributed by atoms with Gasteiger partial charge in [0.15, 0.2) is 0 Å². The predicted octanol–water partition coefficient (Wildman–Crippen LogP) is 8.81. The summed E-state index contributed by atoms with van der Waals surface area (Å²) in [6.45, 7) is 18.2. The molecule has 1 nitrogen and oxygen atoms in total. The van der Waals surface area contributed by atoms with E-state index < -0.39 is 0 Å². The van der Waals surface area contributed by atoms with Gasteiger partial charge >= 0.3 is 0 Å². The van der Waals surface area contributed by atoms with Gasteiger partial charge in [-0.2, -0.15) is 0 Å². The van der Waals surface area contributed by atoms with Gasteiger partial charge in [0, 0.05) is 0 Å². The maximum Gasteiger partial charge on any atom is 0.0568 e. The average molecular weight is 443 g/mol. The lowest BCUT2D eigenvalue weighted by Gasteiger charge is -2.72. The molecule has 1 N–H and O–H groups in total. The Morgan fingerprint density at radius 2 is 1.56 bits per heavy atom. The zero-order chi connectivity index (χ0) is 23.4. The van der Waals surface area contributed by atoms with Gasteiger partial charge < -0.3 is 5.11 Å². The van der Waals surface area contributed by atoms with Crippen molar-refractivity contribution in [3.8, 4) is 0 Å². The van der Waals surface area contributed by atoms with Crippen LogP contribution in [0.1, 0.15) is 125 Å². The highest BCUT2D eigenvalue weighted by Gasteiger charge is 2.68. The average Bonchev–Trinajstić information content (AvgIpc) is 3.16. The molecule has 0 bridgehead atoms. The van der Waals surface area contributed by atoms with Crippen LogP contribution in [-0.2, 0) is 0 Å². The highest BCUT2D eigenvalue weighted by Crippen LogP contribution is 2.76. The van der Waals surface area contributed by atoms with Gasteiger partial charge in [-0.05, 0) is 129 Å². The molecule has 5 aliphatic rings. The fourth-order valence-corrected chi connectivity index (χ4v) is 11.2. The maximum atomic E-state index is 10.6. The van der Waals surface area contributed by atoms with Crippen molar-refractivity contribution >= 4 is 0 Å². The van der Waals surface area contributed by atoms with Crippen molar-refractivity contribution in [1.82, 2.24) is 0 Å². The molecule has 0 radical (unpaired) electrons. The Labute approximate surface area is 200 Å². The van der Waals surface area contributed by atoms with Crippen molar-refractivity contribution in [1.29, 1.82) is 0 Å². The smallest absolute Gasteiger partial charge is 0.0568 e. The third-order valence-electron chi connectivity index (χ3n) is 12.8. The second kappa shape index (κ2) is 8.73. The Morgan fingerprint density at radius 3 is 2.25 bits per heavy atom. The molecule has 0 spiro atoms. The van der Waals surface area contributed by atoms with E-state index in [1.807, 2.05) is 6.92 Å². The highest BCUT2D eigenvalue weighted by atomic mass is 16.3. The highest BCUT2D eigenvalue weighted by molar-refractivity contribution is 5.17. The molecule has 1 heteroatoms. The van der Waals surface area contributed by atoms with Crippen LogP contribution in [0.3, 0.4) is 0 Å². The van der Waals surface area contributed by atoms with Gasteiger partial charge in [-0.15, -0.1) is 6.58 Å². The molecule has 0 saturated heterocycles. The molecule has 0 amide bonds. The molecule has 5 rings (SSSR count). The first-order valence-corrected chi connectivity index (χ1v) is 14.4. The fourth-order valence-electron chi connectivity index (χ4n) is 11.2. The first-order chi connectivity index (χ1) is 15.1. The normalized spacial score (nSPS) is 54.2. The van der Waals surface area contributed by atoms with E-state index in [1.165, 1.54) is 77.0 Å². The summed E-state index contributed by atoms with van der Waals surface area (Å²) in [7, 11) is 0. The first-order valence-electron chi connectivity index (χ1n) is 14.4. The van der Waals surface area contributed by atoms with Crippen LogP contribution in [0.15, 0.2) is 12.7 Å². The minimum Gasteiger partial charge on any atom is -0.393 e. The van der Waals surface area contributed by atoms with Crippen LogP contribution < -0.4 is 0 Å². The second-order valence-electron chi connectivity index (χ2n) is 13.7. The van der Waals surface area contributed by atoms with Gasteiger partial charge in [0.2, 0.25) is 0 Å². The van der Waals surface area contributed by atoms with Crippen LogP contribution in [0.25, 0.3) is 0 Å². The number of aliphatic hydroxyl groups excluding tert-OH is 1. The zero-order valence-corrected chi connectivity index (χ0v) is 22.4. The maximum absolute atomic E-state index is 10.6. The van der Waals surface area contributed by atoms with E-state index in [9.17, 15) is 5.11 Å². The lowest BCUT2D eigenvalue weighted by molar-refractivity contribution is -0.233. The first kappa shape index (κ1) is 24.8. The lowest BCUT2D eigenvalue weighted by atomic mass is 9.33. The van der Waals surface area contributed by atoms with Gasteiger partial charge in [0.25, 0.3) is 0 Å². The summed E-state index contributed by atoms with van der Waals surface area (Å²) in [5, 5.41) is 10.6. The molecule has 0 aromatic heterocycles. The zero-order valence-electron chi connectivity index (χ0n) is 22.4. The Hall–Kier alpha value is -0.300. The van der Waals surface area contributed by atoms with Gasteiger partial charge in [-0.25, -0.2) is 0 Å². The van der Waals surface area contributed by atoms with Crippen molar-refractivity contribution in [2.75, 3.05) is 0 Å². The number of hydrogen-bond acceptors (Lipinski definition) is 1. The van der Waals surface area contributed by atoms with Gasteiger partial charge in [0.1, 0.15) is 0 Å². The third kappa shape index (κ3) is 3.33. The van der Waals surface area contributed by atoms with Gasteiger partial charge in [0.05, 0.1) is 6.10 Å². The molecule has 0 heterocycles. The Morgan fingerprint density at radius 1 is 0.844 bits per heavy atom. The van der Waals surface area contributed by atoms with E-state index in [4.69, 9.17) is 0 Å². The molecule has 9 unspecified atom stereocenters. The minimum absolute atomic E-state index is 0.0489. The van der Waals surface area contributed by atoms with Crippen molar-refractivity contribution < 1.29 is 5.11 Å². The molecule has 5 aliphatic carbocycles. The Bertz CT molecular complexity index is 684. The molecule has 0 aromatic rings. The molecule has 0 aromatic carbocycles. The van der Waals surface area contributed by atoms with E-state index in [2.05, 4.69) is 41.2 Å². The number of rotatable bonds is 2. The van der Waals surface area contributed by atoms with Crippen molar-refractivity contribution in [3.63, 3.8) is 0 Å². The number of hydrogen-bond donors (Lipinski definition) is 1. The fraction of sp³-hybridized carbons (Fsp3) is 0.935. The minimum atomic E-state index is -0.0489. The van der Waals surface area contributed by atoms with Crippen LogP contribution >= 0.6 is 0 Å². The van der Waals surface area contributed by atoms with Crippen LogP contribution in [-0.4, -0.2) is 11.2 Å². The summed E-state index contributed by atoms with van der Waals surface area (Å²) in [6, 6.07) is 0. The van der Waals surface area contributed by atoms with E-state index in [0.29, 0.717) is 27.6 Å². The summed E-state index contributed by atoms with van der Waals surface area (Å²) in [5.74, 6) is 4.14. The van der Waals surface area contributed by atoms with Gasteiger partial charge in [-0.3, -0.25) is 0 Å². The lowest BCUT2D eigenvalue weighted by Crippen LogP contribution is -2.65. The van der Waals surface area contributed by atoms with Crippen LogP contribution in [0.2, 0.25) is 0 Å². The Balaban J connectivity index is 0.000000775. The van der Waals surface area contributed by atoms with E-state index in [-0.39, 0.29) is 6.10 Å². The largest absolute Gasteiger partial charge is 0.393 e. The van der Waals surface area contributed by atoms with Crippen LogP contribution in [0.5, 0.6) is 0 Å². The van der Waals surface area contributed by atoms with E-state index >= 15 is 0 Å². The molecular formula is C31H54O. The molecule has 5 fully saturated rings. The summed E-state index contributed by atoms with van der Waals surface area (Å²) in [5.41, 5.74) is 2.25. The monoisotopic (exact) mass is 442 g/mol. The van der Waals surface area contributed by atoms with E-state index in [1.54, 1.807) is 6.08 Å². The summed E-state index contributed by atoms with van der Waals surface area (Å²) in [4.78, 5) is 0. The molecular weight excluding hydrogens is 388 g/mol. The number of allylic oxidation sites excluding steroid dienone is 1. The SMILES string of the molecule is C=CC.CCCC12CCCC1C1CCC3C4(C)CCC(O)C(C)C4CCC3(C)[C@]1(C)CC2. The van der Waals surface area contributed by atoms with Crippen molar-refractivity contribution in [2.45, 2.75) is 131 Å². The van der Waals surface area contributed by atoms with Gasteiger partial charge in [-0.1, -0.05) is 53.5 Å². The Kier molecular flexibility index (Phi) is 6.77. The van der Waals surface area contributed by atoms with Crippen molar-refractivity contribution in [2.24, 2.45) is 51.2 Å². The van der Waals surface area contributed by atoms with Crippen LogP contribution in [0.4, 0.5) is 0 Å². The molecule has 32 heavy (non-hydrogen) atoms. The second-order valence-corrected chi connectivity index (χ2v) is 13.7. The molecule has 5 saturated carbocycles. The number of fused-ring (bicyclic) bond motifs is 7. The summed E-state index contributed by atoms with van der Waals surface area (Å²) in [6.07, 6.45) is 20.3. The predicted molar refractivity (Wildman–Crippen MR) is 137 cm³/mol. The third-order valence-corrected chi connectivity index (χ3v) is 12.8. The van der Waals surface area contributed by atoms with Crippen LogP contribution in [0, 0.1) is 51.2 Å². The quantitative estimate of drug-likeness (QED) is 0.423. The summed E-state index contributed by atoms with van der Waals surface area (Å²) >= 11 is 0. The van der Waals surface area contributed by atoms with Crippen molar-refractivity contribution in [3.05, 3.63) is 12.7 Å². The van der Waals surface area contributed by atoms with E-state index in [0.717, 1.165) is 30.1 Å². The number of aliphatic hydroxyl groups is 1. The molecule has 0 aliphatic heterocycles. The topological polar surface area (TPSA) is 20.2 Å². The molecule has 10 atom stereocenters. The summed E-state index contributed by atoms with van der Waals surface area (Å²) < 4.78 is 0. The standard InChI is InChI=1S/C28H48O.C3H6/c1-6-13-28-14-7-8-22(28)21-9-10-24-25(3)15-12-23(29)19(2)20(25)11-16-27(24,5)26(21,4)17-18-28;1-3-2/h19-24,29H,6-18H2,1-5H3;3H,1H2,2H3/t19?,20?,21?,22?,23?,24?,25?,26-,27?,28?;/m1./s1.